The van der Waals surface area contributed by atoms with E-state index in [1.165, 1.54) is 16.7 Å². The van der Waals surface area contributed by atoms with Gasteiger partial charge in [-0.05, 0) is 35.7 Å². The van der Waals surface area contributed by atoms with Crippen molar-refractivity contribution < 1.29 is 4.74 Å². The molecule has 0 saturated heterocycles. The summed E-state index contributed by atoms with van der Waals surface area (Å²) in [5.74, 6) is 4.37. The molecule has 0 aliphatic carbocycles. The van der Waals surface area contributed by atoms with Crippen LogP contribution in [0.25, 0.3) is 0 Å². The van der Waals surface area contributed by atoms with Gasteiger partial charge in [-0.15, -0.1) is 12.3 Å². The molecule has 0 amide bonds. The van der Waals surface area contributed by atoms with E-state index in [1.807, 2.05) is 0 Å². The van der Waals surface area contributed by atoms with Gasteiger partial charge in [0.2, 0.25) is 0 Å². The summed E-state index contributed by atoms with van der Waals surface area (Å²) < 4.78 is 6.14. The lowest BCUT2D eigenvalue weighted by Crippen LogP contribution is -2.21. The molecule has 0 aliphatic rings. The van der Waals surface area contributed by atoms with Gasteiger partial charge in [-0.25, -0.2) is 0 Å². The second-order valence-corrected chi connectivity index (χ2v) is 8.77. The topological polar surface area (TPSA) is 9.23 Å². The monoisotopic (exact) mass is 328 g/mol. The zero-order valence-electron chi connectivity index (χ0n) is 17.0. The molecule has 0 N–H and O–H groups in total. The summed E-state index contributed by atoms with van der Waals surface area (Å²) >= 11 is 0. The molecule has 0 heterocycles. The van der Waals surface area contributed by atoms with Crippen LogP contribution in [-0.4, -0.2) is 6.61 Å². The van der Waals surface area contributed by atoms with Crippen molar-refractivity contribution in [1.29, 1.82) is 0 Å². The number of ether oxygens (including phenoxy) is 1. The molecular weight excluding hydrogens is 292 g/mol. The molecule has 1 nitrogen and oxygen atoms in total. The predicted molar refractivity (Wildman–Crippen MR) is 106 cm³/mol. The summed E-state index contributed by atoms with van der Waals surface area (Å²) in [4.78, 5) is 0. The van der Waals surface area contributed by atoms with E-state index < -0.39 is 0 Å². The van der Waals surface area contributed by atoms with E-state index >= 15 is 0 Å². The Morgan fingerprint density at radius 1 is 1.00 bits per heavy atom. The van der Waals surface area contributed by atoms with Crippen molar-refractivity contribution in [3.8, 4) is 18.1 Å². The third kappa shape index (κ3) is 5.04. The van der Waals surface area contributed by atoms with Gasteiger partial charge in [0.1, 0.15) is 5.75 Å². The number of hydrogen-bond donors (Lipinski definition) is 0. The maximum atomic E-state index is 6.14. The average Bonchev–Trinajstić information content (AvgIpc) is 2.45. The highest BCUT2D eigenvalue weighted by molar-refractivity contribution is 5.51. The van der Waals surface area contributed by atoms with Crippen LogP contribution in [0.5, 0.6) is 5.75 Å². The van der Waals surface area contributed by atoms with Crippen LogP contribution in [0.1, 0.15) is 97.3 Å². The molecule has 1 atom stereocenters. The molecule has 1 unspecified atom stereocenters. The van der Waals surface area contributed by atoms with E-state index in [-0.39, 0.29) is 10.8 Å². The normalized spacial score (nSPS) is 13.5. The summed E-state index contributed by atoms with van der Waals surface area (Å²) in [6.45, 7) is 18.5. The fourth-order valence-corrected chi connectivity index (χ4v) is 3.18. The molecule has 0 aromatic heterocycles. The largest absolute Gasteiger partial charge is 0.493 e. The zero-order chi connectivity index (χ0) is 18.5. The van der Waals surface area contributed by atoms with Gasteiger partial charge in [0, 0.05) is 17.5 Å². The summed E-state index contributed by atoms with van der Waals surface area (Å²) in [5.41, 5.74) is 4.03. The fourth-order valence-electron chi connectivity index (χ4n) is 3.18. The Morgan fingerprint density at radius 2 is 1.50 bits per heavy atom. The average molecular weight is 329 g/mol. The lowest BCUT2D eigenvalue weighted by molar-refractivity contribution is 0.319. The van der Waals surface area contributed by atoms with Gasteiger partial charge in [-0.1, -0.05) is 67.0 Å². The van der Waals surface area contributed by atoms with E-state index in [1.54, 1.807) is 0 Å². The number of benzene rings is 1. The Bertz CT molecular complexity index is 541. The van der Waals surface area contributed by atoms with Crippen molar-refractivity contribution >= 4 is 0 Å². The maximum Gasteiger partial charge on any atom is 0.126 e. The van der Waals surface area contributed by atoms with Gasteiger partial charge < -0.3 is 4.74 Å². The first-order valence-electron chi connectivity index (χ1n) is 9.31. The first-order valence-corrected chi connectivity index (χ1v) is 9.31. The molecule has 1 rings (SSSR count). The molecule has 134 valence electrons. The molecule has 0 spiro atoms. The highest BCUT2D eigenvalue weighted by Gasteiger charge is 2.29. The Labute approximate surface area is 150 Å². The third-order valence-electron chi connectivity index (χ3n) is 4.49. The first kappa shape index (κ1) is 20.6. The highest BCUT2D eigenvalue weighted by Crippen LogP contribution is 2.43. The van der Waals surface area contributed by atoms with Crippen LogP contribution in [0, 0.1) is 12.3 Å². The van der Waals surface area contributed by atoms with Crippen LogP contribution in [-0.2, 0) is 10.8 Å². The van der Waals surface area contributed by atoms with Crippen molar-refractivity contribution in [1.82, 2.24) is 0 Å². The van der Waals surface area contributed by atoms with Gasteiger partial charge in [0.25, 0.3) is 0 Å². The van der Waals surface area contributed by atoms with Gasteiger partial charge in [0.15, 0.2) is 0 Å². The van der Waals surface area contributed by atoms with Crippen molar-refractivity contribution in [2.75, 3.05) is 6.61 Å². The van der Waals surface area contributed by atoms with E-state index in [2.05, 4.69) is 73.4 Å². The van der Waals surface area contributed by atoms with Gasteiger partial charge in [-0.2, -0.15) is 0 Å². The minimum atomic E-state index is 0.0351. The van der Waals surface area contributed by atoms with Crippen molar-refractivity contribution in [3.05, 3.63) is 28.8 Å². The standard InChI is InChI=1S/C23H36O/c1-10-13-17(14-11-2)18-15-19(22(4,5)6)21(24-12-3)20(16-18)23(7,8)9/h1,15-17H,11-14H2,2-9H3. The SMILES string of the molecule is C#CCC(CCC)c1cc(C(C)(C)C)c(OCC)c(C(C)(C)C)c1. The van der Waals surface area contributed by atoms with Crippen LogP contribution in [0.15, 0.2) is 12.1 Å². The number of hydrogen-bond acceptors (Lipinski definition) is 1. The molecule has 0 bridgehead atoms. The number of terminal acetylenes is 1. The van der Waals surface area contributed by atoms with Gasteiger partial charge in [0.05, 0.1) is 6.61 Å². The van der Waals surface area contributed by atoms with Crippen LogP contribution >= 0.6 is 0 Å². The zero-order valence-corrected chi connectivity index (χ0v) is 17.0. The molecule has 1 aromatic rings. The molecule has 0 saturated carbocycles. The van der Waals surface area contributed by atoms with E-state index in [9.17, 15) is 0 Å². The van der Waals surface area contributed by atoms with Gasteiger partial charge in [-0.3, -0.25) is 0 Å². The fraction of sp³-hybridized carbons (Fsp3) is 0.652. The number of rotatable bonds is 6. The summed E-state index contributed by atoms with van der Waals surface area (Å²) in [5, 5.41) is 0. The predicted octanol–water partition coefficient (Wildman–Crippen LogP) is 6.59. The molecule has 0 radical (unpaired) electrons. The minimum Gasteiger partial charge on any atom is -0.493 e. The van der Waals surface area contributed by atoms with Crippen LogP contribution in [0.2, 0.25) is 0 Å². The Balaban J connectivity index is 3.67. The second kappa shape index (κ2) is 8.11. The Morgan fingerprint density at radius 3 is 1.83 bits per heavy atom. The summed E-state index contributed by atoms with van der Waals surface area (Å²) in [7, 11) is 0. The maximum absolute atomic E-state index is 6.14. The van der Waals surface area contributed by atoms with Crippen molar-refractivity contribution in [2.45, 2.75) is 91.4 Å². The van der Waals surface area contributed by atoms with E-state index in [4.69, 9.17) is 11.2 Å². The quantitative estimate of drug-likeness (QED) is 0.535. The molecule has 1 heteroatoms. The van der Waals surface area contributed by atoms with E-state index in [0.29, 0.717) is 12.5 Å². The molecule has 24 heavy (non-hydrogen) atoms. The van der Waals surface area contributed by atoms with Crippen molar-refractivity contribution in [2.24, 2.45) is 0 Å². The Kier molecular flexibility index (Phi) is 6.97. The first-order chi connectivity index (χ1) is 11.1. The van der Waals surface area contributed by atoms with Crippen molar-refractivity contribution in [3.63, 3.8) is 0 Å². The van der Waals surface area contributed by atoms with Crippen LogP contribution in [0.4, 0.5) is 0 Å². The Hall–Kier alpha value is -1.42. The van der Waals surface area contributed by atoms with Gasteiger partial charge >= 0.3 is 0 Å². The molecular formula is C23H36O. The van der Waals surface area contributed by atoms with Crippen LogP contribution < -0.4 is 4.74 Å². The summed E-state index contributed by atoms with van der Waals surface area (Å²) in [6.07, 6.45) is 8.73. The van der Waals surface area contributed by atoms with E-state index in [0.717, 1.165) is 25.0 Å². The molecule has 0 aliphatic heterocycles. The lowest BCUT2D eigenvalue weighted by Gasteiger charge is -2.31. The smallest absolute Gasteiger partial charge is 0.126 e. The second-order valence-electron chi connectivity index (χ2n) is 8.77. The highest BCUT2D eigenvalue weighted by atomic mass is 16.5. The van der Waals surface area contributed by atoms with Crippen LogP contribution in [0.3, 0.4) is 0 Å². The third-order valence-corrected chi connectivity index (χ3v) is 4.49. The minimum absolute atomic E-state index is 0.0351. The lowest BCUT2D eigenvalue weighted by atomic mass is 9.76. The summed E-state index contributed by atoms with van der Waals surface area (Å²) in [6, 6.07) is 4.69. The molecule has 1 aromatic carbocycles. The molecule has 0 fully saturated rings.